The van der Waals surface area contributed by atoms with Crippen LogP contribution in [0, 0.1) is 0 Å². The van der Waals surface area contributed by atoms with Crippen LogP contribution >= 0.6 is 23.2 Å². The summed E-state index contributed by atoms with van der Waals surface area (Å²) < 4.78 is 1.95. The average molecular weight is 423 g/mol. The number of hydrogen-bond donors (Lipinski definition) is 2. The molecule has 0 aliphatic heterocycles. The number of hydrogen-bond acceptors (Lipinski definition) is 3. The minimum Gasteiger partial charge on any atom is -0.350 e. The Morgan fingerprint density at radius 2 is 1.71 bits per heavy atom. The molecule has 1 aliphatic rings. The van der Waals surface area contributed by atoms with Crippen LogP contribution in [0.3, 0.4) is 0 Å². The van der Waals surface area contributed by atoms with E-state index in [9.17, 15) is 9.59 Å². The van der Waals surface area contributed by atoms with Crippen LogP contribution in [0.1, 0.15) is 66.1 Å². The lowest BCUT2D eigenvalue weighted by Crippen LogP contribution is -2.35. The number of aromatic nitrogens is 2. The number of amides is 2. The van der Waals surface area contributed by atoms with Crippen molar-refractivity contribution in [1.82, 2.24) is 20.4 Å². The molecular formula is C20H24Cl2N4O2. The third-order valence-electron chi connectivity index (χ3n) is 4.48. The lowest BCUT2D eigenvalue weighted by Gasteiger charge is -2.22. The molecule has 150 valence electrons. The largest absolute Gasteiger partial charge is 0.350 e. The molecular weight excluding hydrogens is 399 g/mol. The molecule has 1 aromatic carbocycles. The van der Waals surface area contributed by atoms with Gasteiger partial charge in [0.2, 0.25) is 0 Å². The SMILES string of the molecule is CC(C)(C)n1nc(C(=O)NCCNC(=O)c2ccc(Cl)c(Cl)c2)cc1C1CC1. The van der Waals surface area contributed by atoms with Crippen molar-refractivity contribution >= 4 is 35.0 Å². The monoisotopic (exact) mass is 422 g/mol. The second kappa shape index (κ2) is 8.13. The molecule has 0 spiro atoms. The van der Waals surface area contributed by atoms with Crippen molar-refractivity contribution in [2.24, 2.45) is 0 Å². The standard InChI is InChI=1S/C20H24Cl2N4O2/c1-20(2,3)26-17(12-4-5-12)11-16(25-26)19(28)24-9-8-23-18(27)13-6-7-14(21)15(22)10-13/h6-7,10-12H,4-5,8-9H2,1-3H3,(H,23,27)(H,24,28). The van der Waals surface area contributed by atoms with Crippen LogP contribution in [0.5, 0.6) is 0 Å². The smallest absolute Gasteiger partial charge is 0.271 e. The zero-order valence-corrected chi connectivity index (χ0v) is 17.7. The summed E-state index contributed by atoms with van der Waals surface area (Å²) in [5.74, 6) is -0.0201. The van der Waals surface area contributed by atoms with E-state index >= 15 is 0 Å². The summed E-state index contributed by atoms with van der Waals surface area (Å²) in [6.45, 7) is 6.82. The number of benzene rings is 1. The van der Waals surface area contributed by atoms with E-state index in [2.05, 4.69) is 36.5 Å². The molecule has 0 atom stereocenters. The molecule has 2 N–H and O–H groups in total. The fourth-order valence-electron chi connectivity index (χ4n) is 2.90. The van der Waals surface area contributed by atoms with Gasteiger partial charge in [0.15, 0.2) is 0 Å². The fraction of sp³-hybridized carbons (Fsp3) is 0.450. The molecule has 1 heterocycles. The van der Waals surface area contributed by atoms with E-state index in [1.807, 2.05) is 10.7 Å². The number of carbonyl (C=O) groups excluding carboxylic acids is 2. The van der Waals surface area contributed by atoms with Crippen molar-refractivity contribution in [3.05, 3.63) is 51.3 Å². The summed E-state index contributed by atoms with van der Waals surface area (Å²) in [5.41, 5.74) is 1.77. The van der Waals surface area contributed by atoms with E-state index in [1.54, 1.807) is 12.1 Å². The van der Waals surface area contributed by atoms with Crippen LogP contribution < -0.4 is 10.6 Å². The first kappa shape index (κ1) is 20.7. The van der Waals surface area contributed by atoms with E-state index in [4.69, 9.17) is 23.2 Å². The Labute approximate surface area is 174 Å². The average Bonchev–Trinajstić information content (AvgIpc) is 3.37. The van der Waals surface area contributed by atoms with Crippen molar-refractivity contribution in [3.63, 3.8) is 0 Å². The van der Waals surface area contributed by atoms with Crippen LogP contribution in [0.25, 0.3) is 0 Å². The van der Waals surface area contributed by atoms with E-state index < -0.39 is 0 Å². The Morgan fingerprint density at radius 3 is 2.29 bits per heavy atom. The van der Waals surface area contributed by atoms with Gasteiger partial charge in [0, 0.05) is 30.3 Å². The lowest BCUT2D eigenvalue weighted by molar-refractivity contribution is 0.0924. The summed E-state index contributed by atoms with van der Waals surface area (Å²) in [7, 11) is 0. The molecule has 28 heavy (non-hydrogen) atoms. The van der Waals surface area contributed by atoms with Crippen molar-refractivity contribution in [2.45, 2.75) is 45.1 Å². The maximum Gasteiger partial charge on any atom is 0.271 e. The van der Waals surface area contributed by atoms with E-state index in [0.29, 0.717) is 40.3 Å². The molecule has 2 amide bonds. The second-order valence-corrected chi connectivity index (χ2v) is 8.77. The highest BCUT2D eigenvalue weighted by atomic mass is 35.5. The number of nitrogens with one attached hydrogen (secondary N) is 2. The number of carbonyl (C=O) groups is 2. The van der Waals surface area contributed by atoms with Crippen LogP contribution in [0.4, 0.5) is 0 Å². The van der Waals surface area contributed by atoms with Crippen LogP contribution in [-0.4, -0.2) is 34.7 Å². The number of rotatable bonds is 6. The summed E-state index contributed by atoms with van der Waals surface area (Å²) >= 11 is 11.8. The minimum atomic E-state index is -0.277. The van der Waals surface area contributed by atoms with Gasteiger partial charge in [-0.3, -0.25) is 14.3 Å². The summed E-state index contributed by atoms with van der Waals surface area (Å²) in [6.07, 6.45) is 2.28. The zero-order chi connectivity index (χ0) is 20.5. The summed E-state index contributed by atoms with van der Waals surface area (Å²) in [6, 6.07) is 6.56. The highest BCUT2D eigenvalue weighted by Gasteiger charge is 2.32. The Morgan fingerprint density at radius 1 is 1.07 bits per heavy atom. The molecule has 3 rings (SSSR count). The molecule has 1 aromatic heterocycles. The molecule has 0 radical (unpaired) electrons. The van der Waals surface area contributed by atoms with Gasteiger partial charge in [0.05, 0.1) is 15.6 Å². The maximum atomic E-state index is 12.4. The minimum absolute atomic E-state index is 0.176. The van der Waals surface area contributed by atoms with Crippen molar-refractivity contribution < 1.29 is 9.59 Å². The Bertz CT molecular complexity index is 898. The van der Waals surface area contributed by atoms with Gasteiger partial charge in [-0.25, -0.2) is 0 Å². The Balaban J connectivity index is 1.53. The first-order valence-corrected chi connectivity index (χ1v) is 10.0. The van der Waals surface area contributed by atoms with Gasteiger partial charge in [-0.15, -0.1) is 0 Å². The van der Waals surface area contributed by atoms with E-state index in [1.165, 1.54) is 6.07 Å². The van der Waals surface area contributed by atoms with Gasteiger partial charge in [0.25, 0.3) is 11.8 Å². The van der Waals surface area contributed by atoms with E-state index in [0.717, 1.165) is 18.5 Å². The lowest BCUT2D eigenvalue weighted by atomic mass is 10.1. The zero-order valence-electron chi connectivity index (χ0n) is 16.2. The molecule has 2 aromatic rings. The van der Waals surface area contributed by atoms with Gasteiger partial charge in [-0.2, -0.15) is 5.10 Å². The fourth-order valence-corrected chi connectivity index (χ4v) is 3.19. The normalized spacial score (nSPS) is 14.0. The van der Waals surface area contributed by atoms with Crippen molar-refractivity contribution in [2.75, 3.05) is 13.1 Å². The molecule has 8 heteroatoms. The molecule has 0 saturated heterocycles. The molecule has 1 aliphatic carbocycles. The van der Waals surface area contributed by atoms with Gasteiger partial charge in [0.1, 0.15) is 5.69 Å². The molecule has 0 bridgehead atoms. The van der Waals surface area contributed by atoms with Gasteiger partial charge < -0.3 is 10.6 Å². The molecule has 1 fully saturated rings. The third kappa shape index (κ3) is 4.86. The van der Waals surface area contributed by atoms with Gasteiger partial charge >= 0.3 is 0 Å². The number of nitrogens with zero attached hydrogens (tertiary/aromatic N) is 2. The first-order chi connectivity index (χ1) is 13.2. The summed E-state index contributed by atoms with van der Waals surface area (Å²) in [4.78, 5) is 24.6. The van der Waals surface area contributed by atoms with E-state index in [-0.39, 0.29) is 17.4 Å². The first-order valence-electron chi connectivity index (χ1n) is 9.28. The maximum absolute atomic E-state index is 12.4. The van der Waals surface area contributed by atoms with Crippen molar-refractivity contribution in [1.29, 1.82) is 0 Å². The Kier molecular flexibility index (Phi) is 6.01. The topological polar surface area (TPSA) is 76.0 Å². The molecule has 1 saturated carbocycles. The Hall–Kier alpha value is -2.05. The number of halogens is 2. The predicted octanol–water partition coefficient (Wildman–Crippen LogP) is 3.98. The van der Waals surface area contributed by atoms with Crippen molar-refractivity contribution in [3.8, 4) is 0 Å². The third-order valence-corrected chi connectivity index (χ3v) is 5.22. The highest BCUT2D eigenvalue weighted by molar-refractivity contribution is 6.42. The van der Waals surface area contributed by atoms with Gasteiger partial charge in [-0.1, -0.05) is 23.2 Å². The predicted molar refractivity (Wildman–Crippen MR) is 110 cm³/mol. The molecule has 6 nitrogen and oxygen atoms in total. The quantitative estimate of drug-likeness (QED) is 0.690. The molecule has 0 unspecified atom stereocenters. The second-order valence-electron chi connectivity index (χ2n) is 7.95. The summed E-state index contributed by atoms with van der Waals surface area (Å²) in [5, 5.41) is 10.8. The highest BCUT2D eigenvalue weighted by Crippen LogP contribution is 2.41. The van der Waals surface area contributed by atoms with Crippen LogP contribution in [-0.2, 0) is 5.54 Å². The van der Waals surface area contributed by atoms with Gasteiger partial charge in [-0.05, 0) is 57.9 Å². The van der Waals surface area contributed by atoms with Crippen LogP contribution in [0.2, 0.25) is 10.0 Å². The van der Waals surface area contributed by atoms with Crippen LogP contribution in [0.15, 0.2) is 24.3 Å².